The second-order valence-corrected chi connectivity index (χ2v) is 6.14. The molecule has 0 bridgehead atoms. The normalized spacial score (nSPS) is 13.2. The molecule has 1 amide bonds. The summed E-state index contributed by atoms with van der Waals surface area (Å²) < 4.78 is 18.4. The first-order valence-corrected chi connectivity index (χ1v) is 8.54. The molecule has 0 radical (unpaired) electrons. The van der Waals surface area contributed by atoms with Crippen LogP contribution in [0.3, 0.4) is 0 Å². The lowest BCUT2D eigenvalue weighted by atomic mass is 10.2. The van der Waals surface area contributed by atoms with Gasteiger partial charge in [-0.3, -0.25) is 4.68 Å². The molecule has 0 atom stereocenters. The Morgan fingerprint density at radius 3 is 2.78 bits per heavy atom. The number of rotatable bonds is 7. The predicted molar refractivity (Wildman–Crippen MR) is 95.8 cm³/mol. The van der Waals surface area contributed by atoms with Crippen molar-refractivity contribution in [1.29, 1.82) is 0 Å². The summed E-state index contributed by atoms with van der Waals surface area (Å²) in [4.78, 5) is 14.8. The van der Waals surface area contributed by atoms with Gasteiger partial charge in [0, 0.05) is 12.3 Å². The van der Waals surface area contributed by atoms with E-state index in [1.54, 1.807) is 6.07 Å². The van der Waals surface area contributed by atoms with E-state index in [1.807, 2.05) is 41.2 Å². The summed E-state index contributed by atoms with van der Waals surface area (Å²) in [6, 6.07) is 13.3. The van der Waals surface area contributed by atoms with Gasteiger partial charge in [-0.2, -0.15) is 0 Å². The second kappa shape index (κ2) is 7.36. The largest absolute Gasteiger partial charge is 0.469 e. The average Bonchev–Trinajstić information content (AvgIpc) is 3.43. The number of ether oxygens (including phenoxy) is 3. The van der Waals surface area contributed by atoms with Crippen LogP contribution in [0.1, 0.15) is 24.4 Å². The van der Waals surface area contributed by atoms with Crippen LogP contribution in [0, 0.1) is 0 Å². The summed E-state index contributed by atoms with van der Waals surface area (Å²) in [5.41, 5.74) is 6.05. The molecule has 1 aromatic carbocycles. The van der Waals surface area contributed by atoms with Gasteiger partial charge in [-0.05, 0) is 24.5 Å². The van der Waals surface area contributed by atoms with Crippen molar-refractivity contribution in [3.05, 3.63) is 60.4 Å². The van der Waals surface area contributed by atoms with E-state index in [1.165, 1.54) is 12.3 Å². The van der Waals surface area contributed by atoms with E-state index < -0.39 is 6.09 Å². The van der Waals surface area contributed by atoms with E-state index >= 15 is 0 Å². The van der Waals surface area contributed by atoms with E-state index in [-0.39, 0.29) is 5.88 Å². The zero-order chi connectivity index (χ0) is 18.6. The summed E-state index contributed by atoms with van der Waals surface area (Å²) in [6.45, 7) is 0.380. The van der Waals surface area contributed by atoms with Gasteiger partial charge in [0.05, 0.1) is 12.2 Å². The molecule has 0 unspecified atom stereocenters. The minimum atomic E-state index is -0.937. The predicted octanol–water partition coefficient (Wildman–Crippen LogP) is 3.44. The quantitative estimate of drug-likeness (QED) is 0.687. The lowest BCUT2D eigenvalue weighted by Gasteiger charge is -2.08. The summed E-state index contributed by atoms with van der Waals surface area (Å²) in [5, 5.41) is 4.50. The molecule has 2 heterocycles. The van der Waals surface area contributed by atoms with Crippen molar-refractivity contribution in [2.24, 2.45) is 5.73 Å². The first-order chi connectivity index (χ1) is 13.2. The van der Waals surface area contributed by atoms with Gasteiger partial charge in [0.25, 0.3) is 5.88 Å². The molecule has 138 valence electrons. The van der Waals surface area contributed by atoms with Crippen LogP contribution in [0.4, 0.5) is 4.79 Å². The molecular weight excluding hydrogens is 348 g/mol. The van der Waals surface area contributed by atoms with Crippen molar-refractivity contribution in [2.45, 2.75) is 25.5 Å². The smallest absolute Gasteiger partial charge is 0.411 e. The minimum Gasteiger partial charge on any atom is -0.469 e. The van der Waals surface area contributed by atoms with E-state index in [2.05, 4.69) is 10.1 Å². The van der Waals surface area contributed by atoms with Gasteiger partial charge in [0.1, 0.15) is 12.4 Å². The molecule has 3 aromatic rings. The number of carbonyl (C=O) groups is 1. The molecule has 0 saturated heterocycles. The molecule has 8 heteroatoms. The van der Waals surface area contributed by atoms with Gasteiger partial charge in [0.2, 0.25) is 11.6 Å². The third-order valence-electron chi connectivity index (χ3n) is 3.95. The average molecular weight is 366 g/mol. The molecule has 1 saturated carbocycles. The van der Waals surface area contributed by atoms with Crippen LogP contribution in [-0.2, 0) is 6.61 Å². The van der Waals surface area contributed by atoms with Gasteiger partial charge in [-0.25, -0.2) is 9.78 Å². The Hall–Kier alpha value is -3.55. The molecule has 8 nitrogen and oxygen atoms in total. The Morgan fingerprint density at radius 2 is 2.04 bits per heavy atom. The molecular formula is C19H18N4O4. The molecule has 2 N–H and O–H groups in total. The second-order valence-electron chi connectivity index (χ2n) is 6.14. The number of carbonyl (C=O) groups excluding carboxylic acids is 1. The summed E-state index contributed by atoms with van der Waals surface area (Å²) >= 11 is 0. The minimum absolute atomic E-state index is 0.0568. The zero-order valence-electron chi connectivity index (χ0n) is 14.4. The highest BCUT2D eigenvalue weighted by molar-refractivity contribution is 5.67. The van der Waals surface area contributed by atoms with Crippen LogP contribution in [-0.4, -0.2) is 20.9 Å². The van der Waals surface area contributed by atoms with E-state index in [0.717, 1.165) is 18.4 Å². The fourth-order valence-corrected chi connectivity index (χ4v) is 2.52. The lowest BCUT2D eigenvalue weighted by molar-refractivity contribution is 0.209. The van der Waals surface area contributed by atoms with Crippen LogP contribution in [0.25, 0.3) is 0 Å². The Bertz CT molecular complexity index is 938. The Balaban J connectivity index is 1.53. The van der Waals surface area contributed by atoms with Crippen LogP contribution in [0.15, 0.2) is 54.9 Å². The Kier molecular flexibility index (Phi) is 4.61. The van der Waals surface area contributed by atoms with Crippen molar-refractivity contribution in [3.8, 4) is 23.3 Å². The van der Waals surface area contributed by atoms with Crippen LogP contribution >= 0.6 is 0 Å². The van der Waals surface area contributed by atoms with Crippen molar-refractivity contribution in [3.63, 3.8) is 0 Å². The summed E-state index contributed by atoms with van der Waals surface area (Å²) in [7, 11) is 0. The number of hydrogen-bond acceptors (Lipinski definition) is 6. The standard InChI is InChI=1S/C19H18N4O4/c20-19(24)27-17-10-15(8-9-21-17)26-16-11-23(14-6-7-14)22-18(16)25-12-13-4-2-1-3-5-13/h1-5,8-11,14H,6-7,12H2,(H2,20,24). The lowest BCUT2D eigenvalue weighted by Crippen LogP contribution is -2.16. The van der Waals surface area contributed by atoms with Gasteiger partial charge in [-0.1, -0.05) is 30.3 Å². The first-order valence-electron chi connectivity index (χ1n) is 8.54. The fourth-order valence-electron chi connectivity index (χ4n) is 2.52. The highest BCUT2D eigenvalue weighted by atomic mass is 16.6. The van der Waals surface area contributed by atoms with Crippen molar-refractivity contribution in [1.82, 2.24) is 14.8 Å². The highest BCUT2D eigenvalue weighted by Crippen LogP contribution is 2.39. The summed E-state index contributed by atoms with van der Waals surface area (Å²) in [6.07, 6.45) is 4.51. The zero-order valence-corrected chi connectivity index (χ0v) is 14.4. The monoisotopic (exact) mass is 366 g/mol. The van der Waals surface area contributed by atoms with Crippen LogP contribution in [0.5, 0.6) is 23.3 Å². The Morgan fingerprint density at radius 1 is 1.22 bits per heavy atom. The number of aromatic nitrogens is 3. The van der Waals surface area contributed by atoms with Gasteiger partial charge in [-0.15, -0.1) is 5.10 Å². The van der Waals surface area contributed by atoms with Gasteiger partial charge in [0.15, 0.2) is 0 Å². The maximum Gasteiger partial charge on any atom is 0.411 e. The van der Waals surface area contributed by atoms with E-state index in [0.29, 0.717) is 30.0 Å². The van der Waals surface area contributed by atoms with Crippen molar-refractivity contribution < 1.29 is 19.0 Å². The van der Waals surface area contributed by atoms with Crippen LogP contribution in [0.2, 0.25) is 0 Å². The van der Waals surface area contributed by atoms with Crippen molar-refractivity contribution in [2.75, 3.05) is 0 Å². The maximum absolute atomic E-state index is 10.9. The fraction of sp³-hybridized carbons (Fsp3) is 0.211. The molecule has 1 aliphatic carbocycles. The highest BCUT2D eigenvalue weighted by Gasteiger charge is 2.27. The first kappa shape index (κ1) is 16.9. The molecule has 0 spiro atoms. The number of benzene rings is 1. The molecule has 1 fully saturated rings. The Labute approximate surface area is 155 Å². The molecule has 27 heavy (non-hydrogen) atoms. The SMILES string of the molecule is NC(=O)Oc1cc(Oc2cn(C3CC3)nc2OCc2ccccc2)ccn1. The summed E-state index contributed by atoms with van der Waals surface area (Å²) in [5.74, 6) is 1.37. The third kappa shape index (κ3) is 4.35. The van der Waals surface area contributed by atoms with E-state index in [4.69, 9.17) is 19.9 Å². The van der Waals surface area contributed by atoms with Gasteiger partial charge >= 0.3 is 6.09 Å². The number of amides is 1. The number of nitrogens with two attached hydrogens (primary N) is 1. The number of primary amides is 1. The molecule has 4 rings (SSSR count). The topological polar surface area (TPSA) is 101 Å². The molecule has 0 aliphatic heterocycles. The van der Waals surface area contributed by atoms with Gasteiger partial charge < -0.3 is 19.9 Å². The number of pyridine rings is 1. The number of nitrogens with zero attached hydrogens (tertiary/aromatic N) is 3. The molecule has 2 aromatic heterocycles. The maximum atomic E-state index is 10.9. The number of hydrogen-bond donors (Lipinski definition) is 1. The van der Waals surface area contributed by atoms with E-state index in [9.17, 15) is 4.79 Å². The van der Waals surface area contributed by atoms with Crippen molar-refractivity contribution >= 4 is 6.09 Å². The molecule has 1 aliphatic rings. The van der Waals surface area contributed by atoms with Crippen LogP contribution < -0.4 is 19.9 Å². The third-order valence-corrected chi connectivity index (χ3v) is 3.95.